The van der Waals surface area contributed by atoms with Crippen molar-refractivity contribution in [2.24, 2.45) is 4.99 Å². The number of amidine groups is 1. The van der Waals surface area contributed by atoms with E-state index in [9.17, 15) is 4.79 Å². The normalized spacial score (nSPS) is 15.4. The molecule has 0 fully saturated rings. The van der Waals surface area contributed by atoms with Crippen molar-refractivity contribution in [2.75, 3.05) is 19.4 Å². The zero-order valence-electron chi connectivity index (χ0n) is 15.6. The fourth-order valence-corrected chi connectivity index (χ4v) is 3.51. The van der Waals surface area contributed by atoms with E-state index in [1.807, 2.05) is 30.3 Å². The van der Waals surface area contributed by atoms with Crippen molar-refractivity contribution in [3.05, 3.63) is 71.1 Å². The molecule has 144 valence electrons. The minimum Gasteiger partial charge on any atom is -0.495 e. The molecule has 1 heterocycles. The maximum atomic E-state index is 13.1. The van der Waals surface area contributed by atoms with E-state index in [0.29, 0.717) is 34.7 Å². The Morgan fingerprint density at radius 3 is 2.74 bits per heavy atom. The van der Waals surface area contributed by atoms with Crippen LogP contribution in [0.1, 0.15) is 18.9 Å². The first kappa shape index (κ1) is 21.1. The predicted octanol–water partition coefficient (Wildman–Crippen LogP) is 4.88. The maximum absolute atomic E-state index is 13.1. The number of benzene rings is 1. The molecule has 0 unspecified atom stereocenters. The number of nitrogens with one attached hydrogen (secondary N) is 1. The van der Waals surface area contributed by atoms with Gasteiger partial charge >= 0.3 is 6.03 Å². The third-order valence-corrected chi connectivity index (χ3v) is 4.87. The van der Waals surface area contributed by atoms with Crippen LogP contribution in [0.5, 0.6) is 0 Å². The van der Waals surface area contributed by atoms with Crippen LogP contribution < -0.4 is 5.32 Å². The molecule has 5 nitrogen and oxygen atoms in total. The number of allylic oxidation sites excluding steroid dienone is 3. The number of urea groups is 1. The number of hydrogen-bond donors (Lipinski definition) is 1. The van der Waals surface area contributed by atoms with Gasteiger partial charge in [0.2, 0.25) is 0 Å². The van der Waals surface area contributed by atoms with E-state index in [1.54, 1.807) is 19.1 Å². The summed E-state index contributed by atoms with van der Waals surface area (Å²) < 4.78 is 5.42. The molecule has 1 N–H and O–H groups in total. The van der Waals surface area contributed by atoms with E-state index in [0.717, 1.165) is 17.7 Å². The lowest BCUT2D eigenvalue weighted by Gasteiger charge is -2.28. The molecule has 1 aromatic rings. The van der Waals surface area contributed by atoms with Gasteiger partial charge in [-0.05, 0) is 31.1 Å². The lowest BCUT2D eigenvalue weighted by Crippen LogP contribution is -2.43. The fraction of sp³-hybridized carbons (Fsp3) is 0.300. The Bertz CT molecular complexity index is 756. The Morgan fingerprint density at radius 2 is 2.19 bits per heavy atom. The zero-order valence-corrected chi connectivity index (χ0v) is 17.1. The number of hydrogen-bond acceptors (Lipinski definition) is 4. The minimum absolute atomic E-state index is 0.299. The molecule has 27 heavy (non-hydrogen) atoms. The maximum Gasteiger partial charge on any atom is 0.328 e. The number of halogens is 1. The highest BCUT2D eigenvalue weighted by Crippen LogP contribution is 2.25. The average Bonchev–Trinajstić information content (AvgIpc) is 2.68. The number of rotatable bonds is 6. The third kappa shape index (κ3) is 6.19. The molecule has 2 amide bonds. The highest BCUT2D eigenvalue weighted by molar-refractivity contribution is 8.13. The molecule has 0 radical (unpaired) electrons. The number of carbonyl (C=O) groups is 1. The molecule has 0 spiro atoms. The van der Waals surface area contributed by atoms with Crippen LogP contribution in [0.2, 0.25) is 0 Å². The van der Waals surface area contributed by atoms with Gasteiger partial charge in [0.15, 0.2) is 5.17 Å². The van der Waals surface area contributed by atoms with Crippen LogP contribution in [0, 0.1) is 0 Å². The van der Waals surface area contributed by atoms with Crippen LogP contribution in [0.3, 0.4) is 0 Å². The summed E-state index contributed by atoms with van der Waals surface area (Å²) in [7, 11) is 1.53. The molecule has 0 aromatic heterocycles. The number of thioether (sulfide) groups is 1. The average molecular weight is 406 g/mol. The first-order chi connectivity index (χ1) is 13.1. The van der Waals surface area contributed by atoms with E-state index in [-0.39, 0.29) is 6.03 Å². The molecule has 1 aliphatic heterocycles. The van der Waals surface area contributed by atoms with Crippen molar-refractivity contribution in [3.8, 4) is 0 Å². The van der Waals surface area contributed by atoms with Gasteiger partial charge in [-0.25, -0.2) is 9.69 Å². The molecule has 0 bridgehead atoms. The van der Waals surface area contributed by atoms with Gasteiger partial charge in [-0.1, -0.05) is 60.3 Å². The Labute approximate surface area is 169 Å². The van der Waals surface area contributed by atoms with Gasteiger partial charge in [-0.15, -0.1) is 0 Å². The fourth-order valence-electron chi connectivity index (χ4n) is 2.46. The molecule has 1 aromatic carbocycles. The van der Waals surface area contributed by atoms with Gasteiger partial charge in [0, 0.05) is 23.9 Å². The Hall–Kier alpha value is -2.18. The van der Waals surface area contributed by atoms with Crippen molar-refractivity contribution in [2.45, 2.75) is 19.9 Å². The van der Waals surface area contributed by atoms with Crippen molar-refractivity contribution in [1.82, 2.24) is 10.2 Å². The number of aliphatic imine (C=N–C) groups is 1. The van der Waals surface area contributed by atoms with E-state index in [1.165, 1.54) is 23.8 Å². The summed E-state index contributed by atoms with van der Waals surface area (Å²) in [5.74, 6) is 1.34. The molecule has 0 saturated carbocycles. The molecular weight excluding hydrogens is 382 g/mol. The number of methoxy groups -OCH3 is 1. The van der Waals surface area contributed by atoms with E-state index >= 15 is 0 Å². The summed E-state index contributed by atoms with van der Waals surface area (Å²) in [6, 6.07) is 9.43. The topological polar surface area (TPSA) is 53.9 Å². The van der Waals surface area contributed by atoms with Crippen molar-refractivity contribution in [1.29, 1.82) is 0 Å². The van der Waals surface area contributed by atoms with Crippen LogP contribution in [0.4, 0.5) is 4.79 Å². The Morgan fingerprint density at radius 1 is 1.44 bits per heavy atom. The number of ether oxygens (including phenoxy) is 1. The second-order valence-electron chi connectivity index (χ2n) is 5.73. The van der Waals surface area contributed by atoms with Crippen molar-refractivity contribution < 1.29 is 9.53 Å². The molecule has 1 aliphatic rings. The smallest absolute Gasteiger partial charge is 0.328 e. The highest BCUT2D eigenvalue weighted by Gasteiger charge is 2.27. The van der Waals surface area contributed by atoms with Crippen molar-refractivity contribution >= 4 is 34.6 Å². The van der Waals surface area contributed by atoms with Crippen LogP contribution in [0.25, 0.3) is 0 Å². The first-order valence-corrected chi connectivity index (χ1v) is 9.96. The molecule has 0 aliphatic carbocycles. The quantitative estimate of drug-likeness (QED) is 0.542. The lowest BCUT2D eigenvalue weighted by molar-refractivity contribution is 0.225. The van der Waals surface area contributed by atoms with Gasteiger partial charge in [0.05, 0.1) is 12.8 Å². The number of carbonyl (C=O) groups excluding carboxylic acids is 1. The Kier molecular flexibility index (Phi) is 8.48. The summed E-state index contributed by atoms with van der Waals surface area (Å²) in [5, 5.41) is 4.08. The van der Waals surface area contributed by atoms with Crippen LogP contribution >= 0.6 is 23.4 Å². The summed E-state index contributed by atoms with van der Waals surface area (Å²) >= 11 is 7.66. The van der Waals surface area contributed by atoms with Crippen LogP contribution in [-0.4, -0.2) is 35.5 Å². The second-order valence-corrected chi connectivity index (χ2v) is 7.39. The highest BCUT2D eigenvalue weighted by atomic mass is 35.5. The lowest BCUT2D eigenvalue weighted by atomic mass is 10.2. The third-order valence-electron chi connectivity index (χ3n) is 3.70. The summed E-state index contributed by atoms with van der Waals surface area (Å²) in [4.78, 5) is 19.1. The molecular formula is C20H24ClN3O2S. The minimum atomic E-state index is -0.299. The zero-order chi connectivity index (χ0) is 19.6. The first-order valence-electron chi connectivity index (χ1n) is 8.60. The summed E-state index contributed by atoms with van der Waals surface area (Å²) in [6.07, 6.45) is 4.22. The van der Waals surface area contributed by atoms with E-state index in [4.69, 9.17) is 16.3 Å². The standard InChI is InChI=1S/C20H24ClN3O2S/c1-4-18(26-3)17(13-15(2)21)24(20-22-11-8-12-27-20)19(25)23-14-16-9-6-5-7-10-16/h4-7,9-10,13H,1,8,11-12,14H2,2-3H3,(H,23,25). The Balaban J connectivity index is 2.38. The monoisotopic (exact) mass is 405 g/mol. The predicted molar refractivity (Wildman–Crippen MR) is 114 cm³/mol. The molecule has 0 saturated heterocycles. The van der Waals surface area contributed by atoms with Crippen LogP contribution in [0.15, 0.2) is 70.5 Å². The molecule has 7 heteroatoms. The van der Waals surface area contributed by atoms with Gasteiger partial charge < -0.3 is 10.1 Å². The van der Waals surface area contributed by atoms with Gasteiger partial charge in [0.25, 0.3) is 0 Å². The SMILES string of the molecule is C=CC(OC)=C(C=C(C)Cl)N(C(=O)NCc1ccccc1)C1=NCCCS1. The number of nitrogens with zero attached hydrogens (tertiary/aromatic N) is 2. The van der Waals surface area contributed by atoms with Gasteiger partial charge in [0.1, 0.15) is 5.76 Å². The van der Waals surface area contributed by atoms with Crippen LogP contribution in [-0.2, 0) is 11.3 Å². The van der Waals surface area contributed by atoms with Crippen molar-refractivity contribution in [3.63, 3.8) is 0 Å². The molecule has 2 rings (SSSR count). The van der Waals surface area contributed by atoms with E-state index < -0.39 is 0 Å². The van der Waals surface area contributed by atoms with E-state index in [2.05, 4.69) is 16.9 Å². The van der Waals surface area contributed by atoms with Gasteiger partial charge in [-0.3, -0.25) is 4.99 Å². The molecule has 0 atom stereocenters. The summed E-state index contributed by atoms with van der Waals surface area (Å²) in [6.45, 7) is 6.61. The number of amides is 2. The largest absolute Gasteiger partial charge is 0.495 e. The summed E-state index contributed by atoms with van der Waals surface area (Å²) in [5.41, 5.74) is 1.51. The van der Waals surface area contributed by atoms with Gasteiger partial charge in [-0.2, -0.15) is 0 Å². The second kappa shape index (κ2) is 10.8.